The van der Waals surface area contributed by atoms with Gasteiger partial charge < -0.3 is 0 Å². The number of aryl methyl sites for hydroxylation is 3. The Morgan fingerprint density at radius 2 is 1.75 bits per heavy atom. The van der Waals surface area contributed by atoms with Gasteiger partial charge in [0.2, 0.25) is 0 Å². The Kier molecular flexibility index (Phi) is 4.47. The van der Waals surface area contributed by atoms with E-state index in [-0.39, 0.29) is 11.2 Å². The van der Waals surface area contributed by atoms with Crippen LogP contribution in [0, 0.1) is 17.4 Å². The molecule has 5 heteroatoms. The van der Waals surface area contributed by atoms with Crippen molar-refractivity contribution >= 4 is 22.6 Å². The number of aromatic nitrogens is 2. The molecular formula is C15H17IN2O2. The van der Waals surface area contributed by atoms with Crippen molar-refractivity contribution in [2.24, 2.45) is 0 Å². The molecular weight excluding hydrogens is 367 g/mol. The van der Waals surface area contributed by atoms with Crippen LogP contribution in [0.1, 0.15) is 23.6 Å². The molecule has 4 nitrogen and oxygen atoms in total. The second kappa shape index (κ2) is 5.95. The number of hydrogen-bond acceptors (Lipinski definition) is 2. The zero-order valence-corrected chi connectivity index (χ0v) is 14.0. The summed E-state index contributed by atoms with van der Waals surface area (Å²) < 4.78 is 3.45. The first-order chi connectivity index (χ1) is 9.45. The van der Waals surface area contributed by atoms with Gasteiger partial charge in [-0.15, -0.1) is 0 Å². The Bertz CT molecular complexity index is 739. The largest absolute Gasteiger partial charge is 0.331 e. The third-order valence-electron chi connectivity index (χ3n) is 3.50. The summed E-state index contributed by atoms with van der Waals surface area (Å²) in [6.45, 7) is 6.78. The second-order valence-corrected chi connectivity index (χ2v) is 5.97. The van der Waals surface area contributed by atoms with Crippen LogP contribution in [-0.4, -0.2) is 9.13 Å². The smallest absolute Gasteiger partial charge is 0.300 e. The van der Waals surface area contributed by atoms with E-state index in [0.717, 1.165) is 16.7 Å². The maximum atomic E-state index is 12.3. The van der Waals surface area contributed by atoms with E-state index in [1.165, 1.54) is 4.57 Å². The first-order valence-electron chi connectivity index (χ1n) is 6.50. The van der Waals surface area contributed by atoms with Crippen LogP contribution in [0.15, 0.2) is 34.0 Å². The summed E-state index contributed by atoms with van der Waals surface area (Å²) in [4.78, 5) is 24.5. The van der Waals surface area contributed by atoms with Crippen LogP contribution in [-0.2, 0) is 13.1 Å². The SMILES string of the molecule is CCn1cc(I)c(=O)n(Cc2c(C)cccc2C)c1=O. The van der Waals surface area contributed by atoms with Gasteiger partial charge in [-0.1, -0.05) is 18.2 Å². The molecule has 0 aliphatic heterocycles. The average molecular weight is 384 g/mol. The minimum Gasteiger partial charge on any atom is -0.300 e. The van der Waals surface area contributed by atoms with Gasteiger partial charge in [0, 0.05) is 12.7 Å². The fraction of sp³-hybridized carbons (Fsp3) is 0.333. The summed E-state index contributed by atoms with van der Waals surface area (Å²) in [6, 6.07) is 5.98. The molecule has 2 aromatic rings. The average Bonchev–Trinajstić information content (AvgIpc) is 2.41. The summed E-state index contributed by atoms with van der Waals surface area (Å²) >= 11 is 1.98. The van der Waals surface area contributed by atoms with Crippen LogP contribution >= 0.6 is 22.6 Å². The van der Waals surface area contributed by atoms with Crippen LogP contribution in [0.4, 0.5) is 0 Å². The highest BCUT2D eigenvalue weighted by molar-refractivity contribution is 14.1. The normalized spacial score (nSPS) is 10.8. The van der Waals surface area contributed by atoms with E-state index < -0.39 is 0 Å². The molecule has 0 aliphatic rings. The Balaban J connectivity index is 2.63. The highest BCUT2D eigenvalue weighted by atomic mass is 127. The van der Waals surface area contributed by atoms with Crippen molar-refractivity contribution in [2.45, 2.75) is 33.9 Å². The fourth-order valence-electron chi connectivity index (χ4n) is 2.24. The van der Waals surface area contributed by atoms with Gasteiger partial charge in [0.15, 0.2) is 0 Å². The maximum absolute atomic E-state index is 12.3. The molecule has 0 saturated carbocycles. The molecule has 0 atom stereocenters. The molecule has 0 saturated heterocycles. The first kappa shape index (κ1) is 15.0. The van der Waals surface area contributed by atoms with Gasteiger partial charge in [0.1, 0.15) is 0 Å². The molecule has 1 aromatic carbocycles. The molecule has 0 aliphatic carbocycles. The topological polar surface area (TPSA) is 44.0 Å². The molecule has 0 radical (unpaired) electrons. The highest BCUT2D eigenvalue weighted by Crippen LogP contribution is 2.13. The van der Waals surface area contributed by atoms with Crippen LogP contribution in [0.2, 0.25) is 0 Å². The minimum atomic E-state index is -0.249. The monoisotopic (exact) mass is 384 g/mol. The van der Waals surface area contributed by atoms with Gasteiger partial charge >= 0.3 is 5.69 Å². The summed E-state index contributed by atoms with van der Waals surface area (Å²) in [5.74, 6) is 0. The van der Waals surface area contributed by atoms with Crippen LogP contribution in [0.5, 0.6) is 0 Å². The molecule has 20 heavy (non-hydrogen) atoms. The molecule has 1 aromatic heterocycles. The summed E-state index contributed by atoms with van der Waals surface area (Å²) in [7, 11) is 0. The van der Waals surface area contributed by atoms with Crippen molar-refractivity contribution in [3.05, 3.63) is 65.5 Å². The molecule has 2 rings (SSSR count). The van der Waals surface area contributed by atoms with E-state index in [1.54, 1.807) is 10.8 Å². The van der Waals surface area contributed by atoms with E-state index in [2.05, 4.69) is 0 Å². The van der Waals surface area contributed by atoms with E-state index in [1.807, 2.05) is 61.6 Å². The van der Waals surface area contributed by atoms with Gasteiger partial charge in [0.05, 0.1) is 10.1 Å². The Labute approximate surface area is 131 Å². The van der Waals surface area contributed by atoms with Crippen molar-refractivity contribution in [3.8, 4) is 0 Å². The van der Waals surface area contributed by atoms with Crippen LogP contribution in [0.3, 0.4) is 0 Å². The van der Waals surface area contributed by atoms with Gasteiger partial charge in [-0.3, -0.25) is 13.9 Å². The number of hydrogen-bond donors (Lipinski definition) is 0. The molecule has 106 valence electrons. The van der Waals surface area contributed by atoms with Crippen molar-refractivity contribution < 1.29 is 0 Å². The summed E-state index contributed by atoms with van der Waals surface area (Å²) in [5.41, 5.74) is 2.76. The lowest BCUT2D eigenvalue weighted by molar-refractivity contribution is 0.593. The lowest BCUT2D eigenvalue weighted by atomic mass is 10.0. The van der Waals surface area contributed by atoms with Crippen molar-refractivity contribution in [3.63, 3.8) is 0 Å². The third kappa shape index (κ3) is 2.72. The molecule has 0 fully saturated rings. The number of nitrogens with zero attached hydrogens (tertiary/aromatic N) is 2. The van der Waals surface area contributed by atoms with E-state index in [0.29, 0.717) is 16.7 Å². The highest BCUT2D eigenvalue weighted by Gasteiger charge is 2.11. The second-order valence-electron chi connectivity index (χ2n) is 4.81. The number of halogens is 1. The zero-order chi connectivity index (χ0) is 14.9. The fourth-order valence-corrected chi connectivity index (χ4v) is 2.87. The quantitative estimate of drug-likeness (QED) is 0.763. The third-order valence-corrected chi connectivity index (χ3v) is 4.24. The predicted molar refractivity (Wildman–Crippen MR) is 88.4 cm³/mol. The van der Waals surface area contributed by atoms with Crippen LogP contribution in [0.25, 0.3) is 0 Å². The van der Waals surface area contributed by atoms with E-state index >= 15 is 0 Å². The molecule has 0 amide bonds. The van der Waals surface area contributed by atoms with Crippen molar-refractivity contribution in [1.82, 2.24) is 9.13 Å². The minimum absolute atomic E-state index is 0.219. The molecule has 1 heterocycles. The number of rotatable bonds is 3. The maximum Gasteiger partial charge on any atom is 0.331 e. The zero-order valence-electron chi connectivity index (χ0n) is 11.8. The van der Waals surface area contributed by atoms with Crippen LogP contribution < -0.4 is 11.2 Å². The van der Waals surface area contributed by atoms with Gasteiger partial charge in [-0.25, -0.2) is 4.79 Å². The standard InChI is InChI=1S/C15H17IN2O2/c1-4-17-9-13(16)14(19)18(15(17)20)8-12-10(2)6-5-7-11(12)3/h5-7,9H,4,8H2,1-3H3. The van der Waals surface area contributed by atoms with Crippen molar-refractivity contribution in [2.75, 3.05) is 0 Å². The molecule has 0 unspecified atom stereocenters. The lowest BCUT2D eigenvalue weighted by Crippen LogP contribution is -2.41. The van der Waals surface area contributed by atoms with Gasteiger partial charge in [-0.05, 0) is 60.1 Å². The van der Waals surface area contributed by atoms with E-state index in [4.69, 9.17) is 0 Å². The molecule has 0 N–H and O–H groups in total. The summed E-state index contributed by atoms with van der Waals surface area (Å²) in [5, 5.41) is 0. The van der Waals surface area contributed by atoms with Gasteiger partial charge in [-0.2, -0.15) is 0 Å². The Hall–Kier alpha value is -1.37. The molecule has 0 bridgehead atoms. The van der Waals surface area contributed by atoms with Gasteiger partial charge in [0.25, 0.3) is 5.56 Å². The number of benzene rings is 1. The molecule has 0 spiro atoms. The first-order valence-corrected chi connectivity index (χ1v) is 7.58. The Morgan fingerprint density at radius 1 is 1.15 bits per heavy atom. The lowest BCUT2D eigenvalue weighted by Gasteiger charge is -2.13. The van der Waals surface area contributed by atoms with Crippen molar-refractivity contribution in [1.29, 1.82) is 0 Å². The van der Waals surface area contributed by atoms with E-state index in [9.17, 15) is 9.59 Å². The summed E-state index contributed by atoms with van der Waals surface area (Å²) in [6.07, 6.45) is 1.62. The Morgan fingerprint density at radius 3 is 2.30 bits per heavy atom. The predicted octanol–water partition coefficient (Wildman–Crippen LogP) is 2.30.